The number of fused-ring (bicyclic) bond motifs is 3. The molecule has 0 aliphatic carbocycles. The fourth-order valence-electron chi connectivity index (χ4n) is 6.95. The van der Waals surface area contributed by atoms with Crippen LogP contribution in [0.3, 0.4) is 0 Å². The summed E-state index contributed by atoms with van der Waals surface area (Å²) < 4.78 is 16.1. The van der Waals surface area contributed by atoms with Gasteiger partial charge in [-0.3, -0.25) is 9.59 Å². The Morgan fingerprint density at radius 2 is 1.82 bits per heavy atom. The Kier molecular flexibility index (Phi) is 6.36. The quantitative estimate of drug-likeness (QED) is 0.505. The molecule has 0 spiro atoms. The largest absolute Gasteiger partial charge is 0.365 e. The molecular formula is C30H36FN5O2. The van der Waals surface area contributed by atoms with Gasteiger partial charge in [0.05, 0.1) is 23.0 Å². The molecule has 3 aliphatic rings. The molecule has 6 rings (SSSR count). The van der Waals surface area contributed by atoms with Gasteiger partial charge in [-0.2, -0.15) is 0 Å². The molecule has 200 valence electrons. The van der Waals surface area contributed by atoms with E-state index in [1.165, 1.54) is 17.8 Å². The Bertz CT molecular complexity index is 1370. The number of carbonyl (C=O) groups excluding carboxylic acids is 2. The topological polar surface area (TPSA) is 70.5 Å². The number of piperidine rings is 1. The molecule has 3 aliphatic heterocycles. The summed E-state index contributed by atoms with van der Waals surface area (Å²) in [5.41, 5.74) is 4.10. The van der Waals surface area contributed by atoms with Gasteiger partial charge < -0.3 is 19.7 Å². The molecule has 8 heteroatoms. The second-order valence-corrected chi connectivity index (χ2v) is 11.3. The summed E-state index contributed by atoms with van der Waals surface area (Å²) >= 11 is 0. The van der Waals surface area contributed by atoms with Gasteiger partial charge in [0, 0.05) is 49.9 Å². The van der Waals surface area contributed by atoms with Crippen LogP contribution in [-0.2, 0) is 9.59 Å². The number of likely N-dealkylation sites (tertiary alicyclic amines) is 1. The van der Waals surface area contributed by atoms with Gasteiger partial charge in [-0.05, 0) is 68.9 Å². The van der Waals surface area contributed by atoms with Gasteiger partial charge in [0.2, 0.25) is 11.8 Å². The highest BCUT2D eigenvalue weighted by atomic mass is 19.1. The minimum Gasteiger partial charge on any atom is -0.365 e. The smallest absolute Gasteiger partial charge is 0.227 e. The molecule has 2 aromatic carbocycles. The monoisotopic (exact) mass is 517 g/mol. The van der Waals surface area contributed by atoms with Crippen molar-refractivity contribution in [1.29, 1.82) is 0 Å². The number of benzene rings is 2. The predicted octanol–water partition coefficient (Wildman–Crippen LogP) is 4.90. The van der Waals surface area contributed by atoms with E-state index in [4.69, 9.17) is 0 Å². The average molecular weight is 518 g/mol. The van der Waals surface area contributed by atoms with Crippen LogP contribution in [0.15, 0.2) is 42.5 Å². The summed E-state index contributed by atoms with van der Waals surface area (Å²) in [6.45, 7) is 6.69. The van der Waals surface area contributed by atoms with Gasteiger partial charge in [0.15, 0.2) is 0 Å². The molecule has 3 saturated heterocycles. The highest BCUT2D eigenvalue weighted by Crippen LogP contribution is 2.45. The van der Waals surface area contributed by atoms with Crippen molar-refractivity contribution in [2.24, 2.45) is 5.92 Å². The Balaban J connectivity index is 1.18. The van der Waals surface area contributed by atoms with E-state index in [1.54, 1.807) is 11.8 Å². The summed E-state index contributed by atoms with van der Waals surface area (Å²) in [4.78, 5) is 33.3. The molecule has 2 amide bonds. The first-order valence-corrected chi connectivity index (χ1v) is 13.9. The summed E-state index contributed by atoms with van der Waals surface area (Å²) in [7, 11) is 0. The molecule has 7 nitrogen and oxygen atoms in total. The fourth-order valence-corrected chi connectivity index (χ4v) is 6.95. The summed E-state index contributed by atoms with van der Waals surface area (Å²) in [5.74, 6) is 0.639. The molecule has 3 fully saturated rings. The van der Waals surface area contributed by atoms with Crippen LogP contribution in [0.2, 0.25) is 0 Å². The van der Waals surface area contributed by atoms with Gasteiger partial charge in [-0.25, -0.2) is 9.37 Å². The zero-order valence-electron chi connectivity index (χ0n) is 22.4. The van der Waals surface area contributed by atoms with E-state index < -0.39 is 0 Å². The maximum atomic E-state index is 13.8. The van der Waals surface area contributed by atoms with Crippen molar-refractivity contribution in [2.45, 2.75) is 77.0 Å². The van der Waals surface area contributed by atoms with E-state index >= 15 is 0 Å². The number of hydrogen-bond acceptors (Lipinski definition) is 4. The molecule has 1 N–H and O–H groups in total. The van der Waals surface area contributed by atoms with Crippen molar-refractivity contribution in [3.8, 4) is 0 Å². The van der Waals surface area contributed by atoms with Crippen LogP contribution >= 0.6 is 0 Å². The van der Waals surface area contributed by atoms with E-state index in [2.05, 4.69) is 51.0 Å². The molecule has 0 saturated carbocycles. The second-order valence-electron chi connectivity index (χ2n) is 11.3. The highest BCUT2D eigenvalue weighted by Gasteiger charge is 2.42. The Morgan fingerprint density at radius 1 is 1.08 bits per heavy atom. The summed E-state index contributed by atoms with van der Waals surface area (Å²) in [5, 5.41) is 3.23. The van der Waals surface area contributed by atoms with E-state index in [1.807, 2.05) is 13.0 Å². The summed E-state index contributed by atoms with van der Waals surface area (Å²) in [6.07, 6.45) is 5.20. The zero-order chi connectivity index (χ0) is 26.6. The van der Waals surface area contributed by atoms with Crippen molar-refractivity contribution in [1.82, 2.24) is 19.8 Å². The first-order chi connectivity index (χ1) is 18.3. The van der Waals surface area contributed by atoms with Crippen LogP contribution in [0.5, 0.6) is 0 Å². The standard InChI is InChI=1S/C30H36FN5O2/c1-4-27(33-30(38)21-16-34(17-21)19(3)37)20-6-5-7-23(12-20)36-24-9-10-25(36)15-26(14-24)35-18(2)32-28-13-22(31)8-11-29(28)35/h5-8,11-13,21,24-27H,4,9-10,14-17H2,1-3H3,(H,33,38)/t24-,25+,26-,27-/m0/s1. The number of carbonyl (C=O) groups is 2. The molecule has 0 unspecified atom stereocenters. The molecule has 38 heavy (non-hydrogen) atoms. The van der Waals surface area contributed by atoms with Gasteiger partial charge in [0.25, 0.3) is 0 Å². The molecule has 3 aromatic rings. The minimum absolute atomic E-state index is 0.0254. The molecule has 1 aromatic heterocycles. The normalized spacial score (nSPS) is 23.9. The molecule has 2 bridgehead atoms. The third-order valence-corrected chi connectivity index (χ3v) is 8.89. The Labute approximate surface area is 223 Å². The Hall–Kier alpha value is -3.42. The number of hydrogen-bond donors (Lipinski definition) is 1. The fraction of sp³-hybridized carbons (Fsp3) is 0.500. The van der Waals surface area contributed by atoms with Gasteiger partial charge in [-0.1, -0.05) is 19.1 Å². The maximum Gasteiger partial charge on any atom is 0.227 e. The number of aryl methyl sites for hydroxylation is 1. The van der Waals surface area contributed by atoms with Crippen molar-refractivity contribution in [3.05, 3.63) is 59.7 Å². The number of nitrogens with one attached hydrogen (secondary N) is 1. The number of aromatic nitrogens is 2. The first-order valence-electron chi connectivity index (χ1n) is 13.9. The number of amides is 2. The van der Waals surface area contributed by atoms with Crippen molar-refractivity contribution < 1.29 is 14.0 Å². The van der Waals surface area contributed by atoms with Crippen LogP contribution in [0.4, 0.5) is 10.1 Å². The lowest BCUT2D eigenvalue weighted by Gasteiger charge is -2.42. The van der Waals surface area contributed by atoms with E-state index in [0.29, 0.717) is 31.2 Å². The molecule has 4 heterocycles. The zero-order valence-corrected chi connectivity index (χ0v) is 22.4. The third-order valence-electron chi connectivity index (χ3n) is 8.89. The van der Waals surface area contributed by atoms with Crippen LogP contribution in [-0.4, -0.2) is 51.4 Å². The SMILES string of the molecule is CC[C@H](NC(=O)C1CN(C(C)=O)C1)c1cccc(N2[C@@H]3CC[C@H]2C[C@H](n2c(C)nc4cc(F)ccc42)C3)c1. The lowest BCUT2D eigenvalue weighted by molar-refractivity contribution is -0.141. The van der Waals surface area contributed by atoms with Crippen molar-refractivity contribution in [2.75, 3.05) is 18.0 Å². The predicted molar refractivity (Wildman–Crippen MR) is 145 cm³/mol. The first kappa shape index (κ1) is 24.9. The minimum atomic E-state index is -0.246. The van der Waals surface area contributed by atoms with Crippen LogP contribution in [0.25, 0.3) is 11.0 Å². The third kappa shape index (κ3) is 4.33. The number of anilines is 1. The van der Waals surface area contributed by atoms with Gasteiger partial charge in [-0.15, -0.1) is 0 Å². The molecule has 0 radical (unpaired) electrons. The highest BCUT2D eigenvalue weighted by molar-refractivity contribution is 5.84. The lowest BCUT2D eigenvalue weighted by Crippen LogP contribution is -2.55. The number of rotatable bonds is 6. The second kappa shape index (κ2) is 9.71. The Morgan fingerprint density at radius 3 is 2.50 bits per heavy atom. The van der Waals surface area contributed by atoms with Gasteiger partial charge in [0.1, 0.15) is 11.6 Å². The maximum absolute atomic E-state index is 13.8. The number of imidazole rings is 1. The summed E-state index contributed by atoms with van der Waals surface area (Å²) in [6, 6.07) is 14.8. The van der Waals surface area contributed by atoms with Crippen LogP contribution in [0.1, 0.15) is 69.4 Å². The van der Waals surface area contributed by atoms with Crippen LogP contribution in [0, 0.1) is 18.7 Å². The molecular weight excluding hydrogens is 481 g/mol. The van der Waals surface area contributed by atoms with E-state index in [9.17, 15) is 14.0 Å². The lowest BCUT2D eigenvalue weighted by atomic mass is 9.94. The number of halogens is 1. The van der Waals surface area contributed by atoms with Crippen molar-refractivity contribution >= 4 is 28.5 Å². The average Bonchev–Trinajstić information content (AvgIpc) is 3.32. The van der Waals surface area contributed by atoms with E-state index in [0.717, 1.165) is 54.5 Å². The van der Waals surface area contributed by atoms with Gasteiger partial charge >= 0.3 is 0 Å². The number of nitrogens with zero attached hydrogens (tertiary/aromatic N) is 4. The molecule has 4 atom stereocenters. The van der Waals surface area contributed by atoms with Crippen molar-refractivity contribution in [3.63, 3.8) is 0 Å². The van der Waals surface area contributed by atoms with Crippen LogP contribution < -0.4 is 10.2 Å². The van der Waals surface area contributed by atoms with E-state index in [-0.39, 0.29) is 29.6 Å².